The Morgan fingerprint density at radius 1 is 1.30 bits per heavy atom. The molecule has 1 unspecified atom stereocenters. The van der Waals surface area contributed by atoms with Crippen molar-refractivity contribution in [1.29, 1.82) is 0 Å². The Morgan fingerprint density at radius 2 is 2.00 bits per heavy atom. The Kier molecular flexibility index (Phi) is 12.3. The van der Waals surface area contributed by atoms with Gasteiger partial charge in [-0.25, -0.2) is 0 Å². The molecule has 0 spiro atoms. The van der Waals surface area contributed by atoms with E-state index in [-0.39, 0.29) is 36.8 Å². The fraction of sp³-hybridized carbons (Fsp3) is 0.938. The molecule has 2 aliphatic heterocycles. The predicted octanol–water partition coefficient (Wildman–Crippen LogP) is 1.79. The van der Waals surface area contributed by atoms with Crippen LogP contribution < -0.4 is 5.32 Å². The van der Waals surface area contributed by atoms with Crippen LogP contribution in [0, 0.1) is 5.92 Å². The van der Waals surface area contributed by atoms with Gasteiger partial charge in [0.1, 0.15) is 6.04 Å². The number of carbonyl (C=O) groups excluding carboxylic acids is 1. The second kappa shape index (κ2) is 12.3. The maximum absolute atomic E-state index is 12.4. The summed E-state index contributed by atoms with van der Waals surface area (Å²) < 4.78 is 5.39. The van der Waals surface area contributed by atoms with Gasteiger partial charge in [0.25, 0.3) is 0 Å². The van der Waals surface area contributed by atoms with E-state index in [2.05, 4.69) is 24.2 Å². The molecule has 23 heavy (non-hydrogen) atoms. The highest BCUT2D eigenvalue weighted by atomic mass is 35.5. The number of likely N-dealkylation sites (tertiary alicyclic amines) is 1. The zero-order valence-corrected chi connectivity index (χ0v) is 16.1. The molecule has 0 saturated carbocycles. The Bertz CT molecular complexity index is 320. The predicted molar refractivity (Wildman–Crippen MR) is 98.8 cm³/mol. The SMILES string of the molecule is CCCCN(C)CC1CCN(C(=O)C2COCCN2)CC1.Cl.Cl. The number of halogens is 2. The van der Waals surface area contributed by atoms with Gasteiger partial charge in [-0.3, -0.25) is 4.79 Å². The largest absolute Gasteiger partial charge is 0.378 e. The minimum absolute atomic E-state index is 0. The van der Waals surface area contributed by atoms with E-state index < -0.39 is 0 Å². The number of rotatable bonds is 6. The van der Waals surface area contributed by atoms with Crippen LogP contribution in [0.3, 0.4) is 0 Å². The van der Waals surface area contributed by atoms with Crippen molar-refractivity contribution in [1.82, 2.24) is 15.1 Å². The lowest BCUT2D eigenvalue weighted by Crippen LogP contribution is -2.54. The van der Waals surface area contributed by atoms with Crippen molar-refractivity contribution in [3.63, 3.8) is 0 Å². The number of hydrogen-bond acceptors (Lipinski definition) is 4. The van der Waals surface area contributed by atoms with E-state index in [9.17, 15) is 4.79 Å². The van der Waals surface area contributed by atoms with Gasteiger partial charge in [-0.2, -0.15) is 0 Å². The third kappa shape index (κ3) is 7.57. The Hall–Kier alpha value is -0.0700. The Labute approximate surface area is 153 Å². The van der Waals surface area contributed by atoms with Gasteiger partial charge in [-0.05, 0) is 38.8 Å². The van der Waals surface area contributed by atoms with Crippen LogP contribution in [0.2, 0.25) is 0 Å². The van der Waals surface area contributed by atoms with E-state index >= 15 is 0 Å². The second-order valence-corrected chi connectivity index (χ2v) is 6.47. The van der Waals surface area contributed by atoms with E-state index in [4.69, 9.17) is 4.74 Å². The molecule has 1 N–H and O–H groups in total. The molecule has 1 amide bonds. The summed E-state index contributed by atoms with van der Waals surface area (Å²) in [4.78, 5) is 16.9. The summed E-state index contributed by atoms with van der Waals surface area (Å²) in [6, 6.07) is -0.123. The average Bonchev–Trinajstić information content (AvgIpc) is 2.54. The first-order valence-electron chi connectivity index (χ1n) is 8.49. The number of carbonyl (C=O) groups is 1. The monoisotopic (exact) mass is 369 g/mol. The summed E-state index contributed by atoms with van der Waals surface area (Å²) in [5, 5.41) is 3.26. The van der Waals surface area contributed by atoms with Crippen molar-refractivity contribution in [2.24, 2.45) is 5.92 Å². The molecule has 0 aromatic heterocycles. The van der Waals surface area contributed by atoms with Crippen molar-refractivity contribution in [2.45, 2.75) is 38.6 Å². The summed E-state index contributed by atoms with van der Waals surface area (Å²) in [7, 11) is 2.22. The molecule has 0 aliphatic carbocycles. The Morgan fingerprint density at radius 3 is 2.57 bits per heavy atom. The van der Waals surface area contributed by atoms with E-state index in [1.54, 1.807) is 0 Å². The molecule has 7 heteroatoms. The number of ether oxygens (including phenoxy) is 1. The highest BCUT2D eigenvalue weighted by molar-refractivity contribution is 5.85. The number of morpholine rings is 1. The lowest BCUT2D eigenvalue weighted by Gasteiger charge is -2.36. The van der Waals surface area contributed by atoms with Gasteiger partial charge < -0.3 is 19.9 Å². The standard InChI is InChI=1S/C16H31N3O2.2ClH/c1-3-4-8-18(2)12-14-5-9-19(10-6-14)16(20)15-13-21-11-7-17-15;;/h14-15,17H,3-13H2,1-2H3;2*1H. The van der Waals surface area contributed by atoms with E-state index in [1.165, 1.54) is 25.9 Å². The molecule has 5 nitrogen and oxygen atoms in total. The van der Waals surface area contributed by atoms with Crippen LogP contribution in [0.15, 0.2) is 0 Å². The van der Waals surface area contributed by atoms with Gasteiger partial charge in [-0.15, -0.1) is 24.8 Å². The molecule has 2 saturated heterocycles. The summed E-state index contributed by atoms with van der Waals surface area (Å²) in [6.45, 7) is 8.45. The summed E-state index contributed by atoms with van der Waals surface area (Å²) in [5.74, 6) is 0.971. The van der Waals surface area contributed by atoms with E-state index in [0.29, 0.717) is 6.61 Å². The van der Waals surface area contributed by atoms with Crippen LogP contribution >= 0.6 is 24.8 Å². The topological polar surface area (TPSA) is 44.8 Å². The minimum Gasteiger partial charge on any atom is -0.378 e. The van der Waals surface area contributed by atoms with Crippen LogP contribution in [0.25, 0.3) is 0 Å². The van der Waals surface area contributed by atoms with Gasteiger partial charge in [0.2, 0.25) is 5.91 Å². The molecule has 2 heterocycles. The van der Waals surface area contributed by atoms with Crippen LogP contribution in [-0.2, 0) is 9.53 Å². The maximum Gasteiger partial charge on any atom is 0.242 e. The fourth-order valence-corrected chi connectivity index (χ4v) is 3.24. The molecule has 2 rings (SSSR count). The van der Waals surface area contributed by atoms with Crippen molar-refractivity contribution in [3.8, 4) is 0 Å². The van der Waals surface area contributed by atoms with Crippen molar-refractivity contribution < 1.29 is 9.53 Å². The van der Waals surface area contributed by atoms with Crippen LogP contribution in [0.5, 0.6) is 0 Å². The van der Waals surface area contributed by atoms with Gasteiger partial charge in [0.15, 0.2) is 0 Å². The molecular weight excluding hydrogens is 337 g/mol. The third-order valence-electron chi connectivity index (χ3n) is 4.61. The highest BCUT2D eigenvalue weighted by Crippen LogP contribution is 2.19. The minimum atomic E-state index is -0.123. The number of nitrogens with zero attached hydrogens (tertiary/aromatic N) is 2. The van der Waals surface area contributed by atoms with Gasteiger partial charge in [-0.1, -0.05) is 13.3 Å². The quantitative estimate of drug-likeness (QED) is 0.774. The molecule has 0 aromatic carbocycles. The molecule has 0 bridgehead atoms. The van der Waals surface area contributed by atoms with Gasteiger partial charge >= 0.3 is 0 Å². The highest BCUT2D eigenvalue weighted by Gasteiger charge is 2.29. The maximum atomic E-state index is 12.4. The van der Waals surface area contributed by atoms with Crippen molar-refractivity contribution in [2.75, 3.05) is 53.0 Å². The normalized spacial score (nSPS) is 22.4. The summed E-state index contributed by atoms with van der Waals surface area (Å²) >= 11 is 0. The number of hydrogen-bond donors (Lipinski definition) is 1. The zero-order chi connectivity index (χ0) is 15.1. The van der Waals surface area contributed by atoms with Crippen molar-refractivity contribution in [3.05, 3.63) is 0 Å². The first kappa shape index (κ1) is 22.9. The molecule has 0 aromatic rings. The molecule has 0 radical (unpaired) electrons. The van der Waals surface area contributed by atoms with Crippen LogP contribution in [-0.4, -0.2) is 74.7 Å². The van der Waals surface area contributed by atoms with Crippen LogP contribution in [0.4, 0.5) is 0 Å². The zero-order valence-electron chi connectivity index (χ0n) is 14.5. The van der Waals surface area contributed by atoms with E-state index in [1.807, 2.05) is 4.90 Å². The lowest BCUT2D eigenvalue weighted by molar-refractivity contribution is -0.137. The first-order valence-corrected chi connectivity index (χ1v) is 8.49. The number of unbranched alkanes of at least 4 members (excludes halogenated alkanes) is 1. The molecule has 138 valence electrons. The van der Waals surface area contributed by atoms with Crippen molar-refractivity contribution >= 4 is 30.7 Å². The smallest absolute Gasteiger partial charge is 0.242 e. The number of nitrogens with one attached hydrogen (secondary N) is 1. The Balaban J connectivity index is 0.00000242. The molecule has 1 atom stereocenters. The van der Waals surface area contributed by atoms with Gasteiger partial charge in [0, 0.05) is 26.2 Å². The first-order chi connectivity index (χ1) is 10.2. The molecule has 2 fully saturated rings. The summed E-state index contributed by atoms with van der Waals surface area (Å²) in [5.41, 5.74) is 0. The third-order valence-corrected chi connectivity index (χ3v) is 4.61. The number of piperidine rings is 1. The van der Waals surface area contributed by atoms with Crippen LogP contribution in [0.1, 0.15) is 32.6 Å². The molecule has 2 aliphatic rings. The molecular formula is C16H33Cl2N3O2. The number of amides is 1. The second-order valence-electron chi connectivity index (χ2n) is 6.47. The van der Waals surface area contributed by atoms with Gasteiger partial charge in [0.05, 0.1) is 13.2 Å². The average molecular weight is 370 g/mol. The van der Waals surface area contributed by atoms with E-state index in [0.717, 1.165) is 45.0 Å². The fourth-order valence-electron chi connectivity index (χ4n) is 3.24. The lowest BCUT2D eigenvalue weighted by atomic mass is 9.95. The summed E-state index contributed by atoms with van der Waals surface area (Å²) in [6.07, 6.45) is 4.81.